The maximum Gasteiger partial charge on any atom is 0.401 e. The van der Waals surface area contributed by atoms with Crippen molar-refractivity contribution in [2.24, 2.45) is 0 Å². The van der Waals surface area contributed by atoms with Crippen LogP contribution in [-0.2, 0) is 0 Å². The van der Waals surface area contributed by atoms with Crippen LogP contribution in [0.4, 0.5) is 29.7 Å². The summed E-state index contributed by atoms with van der Waals surface area (Å²) < 4.78 is 48.6. The highest BCUT2D eigenvalue weighted by molar-refractivity contribution is 7.10. The molecule has 1 fully saturated rings. The van der Waals surface area contributed by atoms with Gasteiger partial charge in [-0.15, -0.1) is 0 Å². The highest BCUT2D eigenvalue weighted by Gasteiger charge is 2.36. The molecule has 0 radical (unpaired) electrons. The molecule has 1 aliphatic heterocycles. The zero-order chi connectivity index (χ0) is 25.7. The molecular formula is C23H22F3N7O2S. The predicted molar refractivity (Wildman–Crippen MR) is 127 cm³/mol. The second-order valence-electron chi connectivity index (χ2n) is 8.13. The van der Waals surface area contributed by atoms with Gasteiger partial charge in [0.1, 0.15) is 16.9 Å². The van der Waals surface area contributed by atoms with Crippen molar-refractivity contribution >= 4 is 33.9 Å². The molecule has 1 amide bonds. The summed E-state index contributed by atoms with van der Waals surface area (Å²) in [4.78, 5) is 22.5. The van der Waals surface area contributed by atoms with Crippen molar-refractivity contribution in [3.8, 4) is 11.9 Å². The number of rotatable bonds is 7. The smallest absolute Gasteiger partial charge is 0.401 e. The second-order valence-corrected chi connectivity index (χ2v) is 8.91. The Morgan fingerprint density at radius 2 is 2.08 bits per heavy atom. The quantitative estimate of drug-likeness (QED) is 0.456. The van der Waals surface area contributed by atoms with Crippen molar-refractivity contribution in [3.63, 3.8) is 0 Å². The molecular weight excluding hydrogens is 495 g/mol. The van der Waals surface area contributed by atoms with Crippen LogP contribution < -0.4 is 15.4 Å². The minimum Gasteiger partial charge on any atom is -0.458 e. The highest BCUT2D eigenvalue weighted by Crippen LogP contribution is 2.29. The third kappa shape index (κ3) is 6.46. The van der Waals surface area contributed by atoms with E-state index < -0.39 is 24.9 Å². The first-order valence-electron chi connectivity index (χ1n) is 11.1. The van der Waals surface area contributed by atoms with Crippen LogP contribution >= 0.6 is 11.5 Å². The molecule has 36 heavy (non-hydrogen) atoms. The molecule has 4 rings (SSSR count). The van der Waals surface area contributed by atoms with Gasteiger partial charge in [0.05, 0.1) is 35.2 Å². The van der Waals surface area contributed by atoms with E-state index in [0.717, 1.165) is 18.0 Å². The summed E-state index contributed by atoms with van der Waals surface area (Å²) in [6, 6.07) is 8.30. The summed E-state index contributed by atoms with van der Waals surface area (Å²) in [5, 5.41) is 15.2. The average molecular weight is 518 g/mol. The molecule has 2 N–H and O–H groups in total. The summed E-state index contributed by atoms with van der Waals surface area (Å²) in [7, 11) is 0. The van der Waals surface area contributed by atoms with E-state index in [0.29, 0.717) is 52.7 Å². The van der Waals surface area contributed by atoms with Crippen LogP contribution in [0.3, 0.4) is 0 Å². The average Bonchev–Trinajstić information content (AvgIpc) is 3.21. The molecule has 0 aromatic carbocycles. The molecule has 0 aliphatic carbocycles. The SMILES string of the molecule is Cc1nsc(Nc2ccc(C#N)cn2)c1C(=O)Nc1ccc(OC2CCCCN2CC(F)(F)F)nc1. The van der Waals surface area contributed by atoms with E-state index >= 15 is 0 Å². The number of carbonyl (C=O) groups excluding carboxylic acids is 1. The van der Waals surface area contributed by atoms with Gasteiger partial charge in [-0.1, -0.05) is 0 Å². The fourth-order valence-electron chi connectivity index (χ4n) is 3.73. The number of alkyl halides is 3. The lowest BCUT2D eigenvalue weighted by Gasteiger charge is -2.35. The van der Waals surface area contributed by atoms with Crippen molar-refractivity contribution in [1.82, 2.24) is 19.2 Å². The van der Waals surface area contributed by atoms with Gasteiger partial charge in [0, 0.05) is 18.8 Å². The van der Waals surface area contributed by atoms with Gasteiger partial charge < -0.3 is 15.4 Å². The standard InChI is InChI=1S/C23H22F3N7O2S/c1-14-20(22(36-32-14)31-17-7-5-15(10-27)11-28-17)21(34)30-16-6-8-18(29-12-16)35-19-4-2-3-9-33(19)13-23(24,25)26/h5-8,11-12,19H,2-4,9,13H2,1H3,(H,28,31)(H,30,34). The molecule has 0 spiro atoms. The van der Waals surface area contributed by atoms with Gasteiger partial charge in [-0.3, -0.25) is 9.69 Å². The normalized spacial score (nSPS) is 16.2. The van der Waals surface area contributed by atoms with Crippen molar-refractivity contribution in [2.45, 2.75) is 38.6 Å². The maximum absolute atomic E-state index is 13.0. The van der Waals surface area contributed by atoms with Gasteiger partial charge in [-0.25, -0.2) is 9.97 Å². The monoisotopic (exact) mass is 517 g/mol. The van der Waals surface area contributed by atoms with Gasteiger partial charge in [-0.2, -0.15) is 22.8 Å². The van der Waals surface area contributed by atoms with Gasteiger partial charge in [0.15, 0.2) is 6.23 Å². The molecule has 1 aliphatic rings. The summed E-state index contributed by atoms with van der Waals surface area (Å²) >= 11 is 1.10. The number of carbonyl (C=O) groups is 1. The van der Waals surface area contributed by atoms with Crippen LogP contribution in [0.5, 0.6) is 5.88 Å². The van der Waals surface area contributed by atoms with Crippen LogP contribution in [0.1, 0.15) is 40.9 Å². The largest absolute Gasteiger partial charge is 0.458 e. The maximum atomic E-state index is 13.0. The molecule has 1 unspecified atom stereocenters. The van der Waals surface area contributed by atoms with E-state index in [1.165, 1.54) is 23.4 Å². The molecule has 3 aromatic heterocycles. The van der Waals surface area contributed by atoms with Crippen molar-refractivity contribution < 1.29 is 22.7 Å². The van der Waals surface area contributed by atoms with E-state index in [1.54, 1.807) is 25.1 Å². The molecule has 9 nitrogen and oxygen atoms in total. The summed E-state index contributed by atoms with van der Waals surface area (Å²) in [5.74, 6) is 0.211. The highest BCUT2D eigenvalue weighted by atomic mass is 32.1. The number of hydrogen-bond acceptors (Lipinski definition) is 9. The number of halogens is 3. The molecule has 4 heterocycles. The Hall–Kier alpha value is -3.76. The summed E-state index contributed by atoms with van der Waals surface area (Å²) in [6.07, 6.45) is -0.282. The Bertz CT molecular complexity index is 1240. The van der Waals surface area contributed by atoms with Gasteiger partial charge in [0.25, 0.3) is 5.91 Å². The lowest BCUT2D eigenvalue weighted by molar-refractivity contribution is -0.168. The summed E-state index contributed by atoms with van der Waals surface area (Å²) in [5.41, 5.74) is 1.65. The molecule has 1 saturated heterocycles. The number of nitrogens with zero attached hydrogens (tertiary/aromatic N) is 5. The Morgan fingerprint density at radius 1 is 1.25 bits per heavy atom. The van der Waals surface area contributed by atoms with E-state index in [9.17, 15) is 18.0 Å². The Kier molecular flexibility index (Phi) is 7.66. The number of anilines is 3. The Morgan fingerprint density at radius 3 is 2.75 bits per heavy atom. The number of aromatic nitrogens is 3. The van der Waals surface area contributed by atoms with Crippen LogP contribution in [-0.4, -0.2) is 50.6 Å². The minimum absolute atomic E-state index is 0.176. The van der Waals surface area contributed by atoms with Gasteiger partial charge >= 0.3 is 6.18 Å². The van der Waals surface area contributed by atoms with Crippen molar-refractivity contribution in [1.29, 1.82) is 5.26 Å². The Labute approximate surface area is 209 Å². The number of nitriles is 1. The molecule has 188 valence electrons. The number of hydrogen-bond donors (Lipinski definition) is 2. The molecule has 0 bridgehead atoms. The number of amides is 1. The van der Waals surface area contributed by atoms with Crippen molar-refractivity contribution in [2.75, 3.05) is 23.7 Å². The number of nitrogens with one attached hydrogen (secondary N) is 2. The lowest BCUT2D eigenvalue weighted by Crippen LogP contribution is -2.47. The van der Waals surface area contributed by atoms with E-state index in [-0.39, 0.29) is 5.88 Å². The fourth-order valence-corrected chi connectivity index (χ4v) is 4.54. The van der Waals surface area contributed by atoms with Gasteiger partial charge in [-0.05, 0) is 55.9 Å². The zero-order valence-electron chi connectivity index (χ0n) is 19.2. The first-order chi connectivity index (χ1) is 17.2. The van der Waals surface area contributed by atoms with Crippen LogP contribution in [0, 0.1) is 18.3 Å². The number of likely N-dealkylation sites (tertiary alicyclic amines) is 1. The molecule has 1 atom stereocenters. The van der Waals surface area contributed by atoms with Crippen LogP contribution in [0.15, 0.2) is 36.7 Å². The third-order valence-electron chi connectivity index (χ3n) is 5.41. The fraction of sp³-hybridized carbons (Fsp3) is 0.348. The number of pyridine rings is 2. The number of ether oxygens (including phenoxy) is 1. The van der Waals surface area contributed by atoms with Crippen LogP contribution in [0.25, 0.3) is 0 Å². The molecule has 0 saturated carbocycles. The Balaban J connectivity index is 1.40. The van der Waals surface area contributed by atoms with E-state index in [1.807, 2.05) is 6.07 Å². The van der Waals surface area contributed by atoms with E-state index in [2.05, 4.69) is 25.0 Å². The van der Waals surface area contributed by atoms with Crippen molar-refractivity contribution in [3.05, 3.63) is 53.5 Å². The molecule has 3 aromatic rings. The number of piperidine rings is 1. The minimum atomic E-state index is -4.31. The predicted octanol–water partition coefficient (Wildman–Crippen LogP) is 4.86. The molecule has 13 heteroatoms. The second kappa shape index (κ2) is 10.9. The zero-order valence-corrected chi connectivity index (χ0v) is 20.0. The van der Waals surface area contributed by atoms with E-state index in [4.69, 9.17) is 10.00 Å². The topological polar surface area (TPSA) is 116 Å². The first-order valence-corrected chi connectivity index (χ1v) is 11.8. The van der Waals surface area contributed by atoms with Gasteiger partial charge in [0.2, 0.25) is 5.88 Å². The lowest BCUT2D eigenvalue weighted by atomic mass is 10.1. The number of aryl methyl sites for hydroxylation is 1. The van der Waals surface area contributed by atoms with Crippen LogP contribution in [0.2, 0.25) is 0 Å². The third-order valence-corrected chi connectivity index (χ3v) is 6.26. The first kappa shape index (κ1) is 25.3. The summed E-state index contributed by atoms with van der Waals surface area (Å²) in [6.45, 7) is 0.976.